The van der Waals surface area contributed by atoms with E-state index in [1.165, 1.54) is 0 Å². The lowest BCUT2D eigenvalue weighted by Gasteiger charge is -2.00. The van der Waals surface area contributed by atoms with Crippen LogP contribution in [-0.2, 0) is 9.59 Å². The third kappa shape index (κ3) is 30.1. The summed E-state index contributed by atoms with van der Waals surface area (Å²) in [5.74, 6) is 14.6. The molecular formula is C12H30N4O4. The Balaban J connectivity index is -0.000000656. The molecule has 0 unspecified atom stereocenters. The molecule has 0 spiro atoms. The van der Waals surface area contributed by atoms with Crippen LogP contribution >= 0.6 is 0 Å². The Kier molecular flexibility index (Phi) is 27.3. The van der Waals surface area contributed by atoms with Gasteiger partial charge in [0.1, 0.15) is 0 Å². The van der Waals surface area contributed by atoms with Crippen molar-refractivity contribution in [2.24, 2.45) is 23.4 Å². The Morgan fingerprint density at radius 2 is 0.750 bits per heavy atom. The van der Waals surface area contributed by atoms with Crippen LogP contribution in [0.5, 0.6) is 0 Å². The second-order valence-corrected chi connectivity index (χ2v) is 4.12. The zero-order chi connectivity index (χ0) is 16.2. The number of carboxylic acids is 2. The van der Waals surface area contributed by atoms with E-state index in [0.29, 0.717) is 0 Å². The monoisotopic (exact) mass is 294 g/mol. The number of rotatable bonds is 11. The Labute approximate surface area is 120 Å². The van der Waals surface area contributed by atoms with Crippen LogP contribution in [0.4, 0.5) is 0 Å². The van der Waals surface area contributed by atoms with Gasteiger partial charge in [0.15, 0.2) is 0 Å². The Morgan fingerprint density at radius 1 is 0.550 bits per heavy atom. The maximum Gasteiger partial charge on any atom is 0.303 e. The summed E-state index contributed by atoms with van der Waals surface area (Å²) in [6.45, 7) is 0. The van der Waals surface area contributed by atoms with Crippen molar-refractivity contribution in [1.29, 1.82) is 0 Å². The molecule has 122 valence electrons. The molecule has 0 saturated carbocycles. The van der Waals surface area contributed by atoms with Crippen molar-refractivity contribution in [1.82, 2.24) is 0 Å². The van der Waals surface area contributed by atoms with E-state index >= 15 is 0 Å². The molecule has 0 rings (SSSR count). The average molecular weight is 294 g/mol. The van der Waals surface area contributed by atoms with Gasteiger partial charge in [0.05, 0.1) is 0 Å². The van der Waals surface area contributed by atoms with Crippen LogP contribution in [0, 0.1) is 0 Å². The van der Waals surface area contributed by atoms with E-state index in [1.807, 2.05) is 0 Å². The summed E-state index contributed by atoms with van der Waals surface area (Å²) in [6.07, 6.45) is 8.51. The Hall–Kier alpha value is -1.22. The first-order chi connectivity index (χ1) is 9.63. The van der Waals surface area contributed by atoms with Gasteiger partial charge in [-0.1, -0.05) is 38.5 Å². The van der Waals surface area contributed by atoms with E-state index in [-0.39, 0.29) is 12.8 Å². The molecule has 0 aromatic rings. The predicted molar refractivity (Wildman–Crippen MR) is 78.2 cm³/mol. The molecule has 0 aliphatic carbocycles. The summed E-state index contributed by atoms with van der Waals surface area (Å²) in [4.78, 5) is 20.4. The number of aliphatic carboxylic acids is 2. The number of nitrogens with two attached hydrogens (primary N) is 4. The molecule has 0 radical (unpaired) electrons. The van der Waals surface area contributed by atoms with Crippen molar-refractivity contribution in [2.45, 2.75) is 64.2 Å². The average Bonchev–Trinajstić information content (AvgIpc) is 2.44. The van der Waals surface area contributed by atoms with Crippen LogP contribution in [0.2, 0.25) is 0 Å². The molecule has 10 N–H and O–H groups in total. The lowest BCUT2D eigenvalue weighted by molar-refractivity contribution is -0.138. The van der Waals surface area contributed by atoms with Gasteiger partial charge in [0.25, 0.3) is 0 Å². The van der Waals surface area contributed by atoms with E-state index < -0.39 is 11.9 Å². The van der Waals surface area contributed by atoms with Crippen LogP contribution in [0.15, 0.2) is 0 Å². The maximum absolute atomic E-state index is 10.2. The van der Waals surface area contributed by atoms with Crippen molar-refractivity contribution in [3.8, 4) is 0 Å². The minimum absolute atomic E-state index is 0.276. The molecule has 0 aliphatic heterocycles. The predicted octanol–water partition coefficient (Wildman–Crippen LogP) is 0.694. The smallest absolute Gasteiger partial charge is 0.303 e. The fraction of sp³-hybridized carbons (Fsp3) is 0.833. The van der Waals surface area contributed by atoms with E-state index in [0.717, 1.165) is 51.4 Å². The normalized spacial score (nSPS) is 8.80. The van der Waals surface area contributed by atoms with Gasteiger partial charge in [0, 0.05) is 12.8 Å². The molecule has 0 aliphatic rings. The third-order valence-electron chi connectivity index (χ3n) is 2.53. The van der Waals surface area contributed by atoms with E-state index in [2.05, 4.69) is 23.4 Å². The molecule has 0 atom stereocenters. The largest absolute Gasteiger partial charge is 0.481 e. The maximum atomic E-state index is 10.2. The summed E-state index contributed by atoms with van der Waals surface area (Å²) in [6, 6.07) is 0. The first-order valence-electron chi connectivity index (χ1n) is 6.73. The van der Waals surface area contributed by atoms with Gasteiger partial charge in [-0.3, -0.25) is 33.0 Å². The molecule has 0 amide bonds. The van der Waals surface area contributed by atoms with Gasteiger partial charge >= 0.3 is 11.9 Å². The quantitative estimate of drug-likeness (QED) is 0.183. The standard InChI is InChI=1S/C12H22O4.2H4N2/c13-11(14)9-7-5-3-1-2-4-6-8-10-12(15)16;2*1-2/h1-10H2,(H,13,14)(H,15,16);2*1-2H2. The number of hydrogen-bond donors (Lipinski definition) is 6. The second kappa shape index (κ2) is 22.9. The van der Waals surface area contributed by atoms with Crippen LogP contribution in [0.1, 0.15) is 64.2 Å². The number of unbranched alkanes of at least 4 members (excludes halogenated alkanes) is 7. The molecule has 0 aromatic heterocycles. The molecule has 8 heteroatoms. The molecule has 0 fully saturated rings. The fourth-order valence-electron chi connectivity index (χ4n) is 1.61. The molecular weight excluding hydrogens is 264 g/mol. The van der Waals surface area contributed by atoms with Gasteiger partial charge in [-0.15, -0.1) is 0 Å². The third-order valence-corrected chi connectivity index (χ3v) is 2.53. The van der Waals surface area contributed by atoms with Crippen LogP contribution < -0.4 is 23.4 Å². The first-order valence-corrected chi connectivity index (χ1v) is 6.73. The van der Waals surface area contributed by atoms with Gasteiger partial charge in [-0.2, -0.15) is 0 Å². The number of carboxylic acid groups (broad SMARTS) is 2. The van der Waals surface area contributed by atoms with Crippen molar-refractivity contribution >= 4 is 11.9 Å². The zero-order valence-electron chi connectivity index (χ0n) is 12.1. The van der Waals surface area contributed by atoms with Crippen molar-refractivity contribution < 1.29 is 19.8 Å². The topological polar surface area (TPSA) is 179 Å². The first kappa shape index (κ1) is 23.8. The molecule has 0 saturated heterocycles. The van der Waals surface area contributed by atoms with E-state index in [9.17, 15) is 9.59 Å². The van der Waals surface area contributed by atoms with Crippen LogP contribution in [0.25, 0.3) is 0 Å². The highest BCUT2D eigenvalue weighted by Gasteiger charge is 1.98. The van der Waals surface area contributed by atoms with Crippen LogP contribution in [0.3, 0.4) is 0 Å². The summed E-state index contributed by atoms with van der Waals surface area (Å²) in [7, 11) is 0. The van der Waals surface area contributed by atoms with E-state index in [1.54, 1.807) is 0 Å². The van der Waals surface area contributed by atoms with E-state index in [4.69, 9.17) is 10.2 Å². The van der Waals surface area contributed by atoms with Gasteiger partial charge in [0.2, 0.25) is 0 Å². The highest BCUT2D eigenvalue weighted by atomic mass is 16.4. The number of hydrazine groups is 2. The highest BCUT2D eigenvalue weighted by Crippen LogP contribution is 2.10. The zero-order valence-corrected chi connectivity index (χ0v) is 12.1. The van der Waals surface area contributed by atoms with Crippen molar-refractivity contribution in [2.75, 3.05) is 0 Å². The Bertz CT molecular complexity index is 194. The lowest BCUT2D eigenvalue weighted by atomic mass is 10.1. The lowest BCUT2D eigenvalue weighted by Crippen LogP contribution is -2.02. The van der Waals surface area contributed by atoms with Crippen molar-refractivity contribution in [3.05, 3.63) is 0 Å². The summed E-state index contributed by atoms with van der Waals surface area (Å²) >= 11 is 0. The summed E-state index contributed by atoms with van der Waals surface area (Å²) in [5, 5.41) is 16.8. The van der Waals surface area contributed by atoms with Gasteiger partial charge < -0.3 is 10.2 Å². The SMILES string of the molecule is NN.NN.O=C(O)CCCCCCCCCCC(=O)O. The summed E-state index contributed by atoms with van der Waals surface area (Å²) < 4.78 is 0. The number of hydrogen-bond acceptors (Lipinski definition) is 6. The molecule has 8 nitrogen and oxygen atoms in total. The summed E-state index contributed by atoms with van der Waals surface area (Å²) in [5.41, 5.74) is 0. The minimum atomic E-state index is -0.714. The second-order valence-electron chi connectivity index (χ2n) is 4.12. The van der Waals surface area contributed by atoms with Gasteiger partial charge in [-0.25, -0.2) is 0 Å². The fourth-order valence-corrected chi connectivity index (χ4v) is 1.61. The molecule has 0 aromatic carbocycles. The van der Waals surface area contributed by atoms with Crippen LogP contribution in [-0.4, -0.2) is 22.2 Å². The molecule has 0 heterocycles. The van der Waals surface area contributed by atoms with Gasteiger partial charge in [-0.05, 0) is 12.8 Å². The molecule has 20 heavy (non-hydrogen) atoms. The highest BCUT2D eigenvalue weighted by molar-refractivity contribution is 5.66. The minimum Gasteiger partial charge on any atom is -0.481 e. The van der Waals surface area contributed by atoms with Crippen molar-refractivity contribution in [3.63, 3.8) is 0 Å². The molecule has 0 bridgehead atoms. The Morgan fingerprint density at radius 3 is 0.950 bits per heavy atom. The number of carbonyl (C=O) groups is 2.